The highest BCUT2D eigenvalue weighted by Gasteiger charge is 2.39. The number of fused-ring (bicyclic) bond motifs is 1. The van der Waals surface area contributed by atoms with Crippen LogP contribution < -0.4 is 10.6 Å². The van der Waals surface area contributed by atoms with Crippen molar-refractivity contribution in [2.24, 2.45) is 0 Å². The number of allylic oxidation sites excluding steroid dienone is 1. The van der Waals surface area contributed by atoms with Crippen molar-refractivity contribution < 1.29 is 13.2 Å². The summed E-state index contributed by atoms with van der Waals surface area (Å²) in [6, 6.07) is 8.25. The maximum Gasteiger partial charge on any atom is 0.399 e. The molecule has 0 saturated carbocycles. The molecule has 0 fully saturated rings. The molecule has 0 aliphatic heterocycles. The minimum absolute atomic E-state index is 0.00893. The Kier molecular flexibility index (Phi) is 8.37. The molecule has 0 amide bonds. The second kappa shape index (κ2) is 10.6. The lowest BCUT2D eigenvalue weighted by molar-refractivity contribution is -0.139. The summed E-state index contributed by atoms with van der Waals surface area (Å²) in [6.45, 7) is 0.769. The van der Waals surface area contributed by atoms with Gasteiger partial charge in [0.2, 0.25) is 0 Å². The third-order valence-corrected chi connectivity index (χ3v) is 7.12. The molecule has 0 radical (unpaired) electrons. The summed E-state index contributed by atoms with van der Waals surface area (Å²) in [4.78, 5) is 0. The quantitative estimate of drug-likeness (QED) is 0.304. The molecule has 0 bridgehead atoms. The summed E-state index contributed by atoms with van der Waals surface area (Å²) in [5.74, 6) is -1.44. The molecule has 2 unspecified atom stereocenters. The molecule has 0 spiro atoms. The van der Waals surface area contributed by atoms with Crippen molar-refractivity contribution in [2.75, 3.05) is 13.6 Å². The van der Waals surface area contributed by atoms with Crippen molar-refractivity contribution in [2.45, 2.75) is 37.3 Å². The van der Waals surface area contributed by atoms with E-state index in [4.69, 9.17) is 47.0 Å². The second-order valence-corrected chi connectivity index (χ2v) is 9.27. The first-order valence-corrected chi connectivity index (χ1v) is 11.6. The number of hydrogen-bond donors (Lipinski definition) is 2. The summed E-state index contributed by atoms with van der Waals surface area (Å²) < 4.78 is 41.3. The van der Waals surface area contributed by atoms with Crippen LogP contribution in [0.4, 0.5) is 13.2 Å². The summed E-state index contributed by atoms with van der Waals surface area (Å²) in [5.41, 5.74) is 3.10. The highest BCUT2D eigenvalue weighted by Crippen LogP contribution is 2.41. The highest BCUT2D eigenvalue weighted by atomic mass is 35.5. The fraction of sp³-hybridized carbons (Fsp3) is 0.348. The van der Waals surface area contributed by atoms with Gasteiger partial charge < -0.3 is 10.6 Å². The van der Waals surface area contributed by atoms with Gasteiger partial charge in [-0.05, 0) is 71.8 Å². The minimum Gasteiger partial charge on any atom is -0.366 e. The molecule has 2 nitrogen and oxygen atoms in total. The second-order valence-electron chi connectivity index (χ2n) is 7.67. The smallest absolute Gasteiger partial charge is 0.366 e. The third kappa shape index (κ3) is 6.10. The number of aryl methyl sites for hydroxylation is 1. The van der Waals surface area contributed by atoms with Crippen LogP contribution in [0.2, 0.25) is 15.1 Å². The van der Waals surface area contributed by atoms with Crippen molar-refractivity contribution in [1.29, 1.82) is 0 Å². The zero-order valence-electron chi connectivity index (χ0n) is 17.2. The van der Waals surface area contributed by atoms with E-state index in [0.29, 0.717) is 11.0 Å². The normalized spacial score (nSPS) is 16.8. The molecule has 1 aliphatic carbocycles. The minimum atomic E-state index is -4.50. The van der Waals surface area contributed by atoms with Crippen LogP contribution in [0.3, 0.4) is 0 Å². The fourth-order valence-electron chi connectivity index (χ4n) is 3.95. The van der Waals surface area contributed by atoms with Gasteiger partial charge >= 0.3 is 6.18 Å². The van der Waals surface area contributed by atoms with Crippen LogP contribution in [0.5, 0.6) is 0 Å². The Labute approximate surface area is 206 Å². The molecule has 32 heavy (non-hydrogen) atoms. The monoisotopic (exact) mass is 520 g/mol. The van der Waals surface area contributed by atoms with Gasteiger partial charge in [0.25, 0.3) is 0 Å². The SMILES string of the molecule is CNC(=S)NCCC1CCc2cc(/C=C/C(c3cc(Cl)c(Cl)c(Cl)c3)C(F)(F)F)ccc21. The van der Waals surface area contributed by atoms with Gasteiger partial charge in [-0.2, -0.15) is 13.2 Å². The molecule has 3 rings (SSSR count). The number of benzene rings is 2. The number of rotatable bonds is 6. The van der Waals surface area contributed by atoms with Crippen LogP contribution in [0, 0.1) is 0 Å². The standard InChI is InChI=1S/C23H22Cl3F3N2S/c1-30-22(32)31-9-8-14-4-5-15-10-13(2-6-17(14)15)3-7-18(23(27,28)29)16-11-19(24)21(26)20(25)12-16/h2-3,6-7,10-12,14,18H,4-5,8-9H2,1H3,(H2,30,31,32)/b7-3+. The van der Waals surface area contributed by atoms with Crippen LogP contribution in [0.1, 0.15) is 46.9 Å². The Morgan fingerprint density at radius 1 is 1.19 bits per heavy atom. The summed E-state index contributed by atoms with van der Waals surface area (Å²) in [5, 5.41) is 6.67. The number of thiocarbonyl (C=S) groups is 1. The summed E-state index contributed by atoms with van der Waals surface area (Å²) in [7, 11) is 1.77. The van der Waals surface area contributed by atoms with Crippen LogP contribution in [-0.2, 0) is 6.42 Å². The van der Waals surface area contributed by atoms with Crippen molar-refractivity contribution in [3.05, 3.63) is 73.7 Å². The predicted molar refractivity (Wildman–Crippen MR) is 131 cm³/mol. The Bertz CT molecular complexity index is 1000. The van der Waals surface area contributed by atoms with E-state index in [0.717, 1.165) is 37.4 Å². The van der Waals surface area contributed by atoms with Gasteiger partial charge in [0, 0.05) is 13.6 Å². The first-order valence-electron chi connectivity index (χ1n) is 10.1. The van der Waals surface area contributed by atoms with E-state index in [-0.39, 0.29) is 20.6 Å². The lowest BCUT2D eigenvalue weighted by Gasteiger charge is -2.18. The first-order chi connectivity index (χ1) is 15.1. The molecule has 2 aromatic rings. The van der Waals surface area contributed by atoms with Crippen molar-refractivity contribution >= 4 is 58.2 Å². The molecule has 0 saturated heterocycles. The summed E-state index contributed by atoms with van der Waals surface area (Å²) in [6.07, 6.45) is 0.992. The molecule has 0 heterocycles. The van der Waals surface area contributed by atoms with E-state index in [1.54, 1.807) is 7.05 Å². The Morgan fingerprint density at radius 2 is 1.88 bits per heavy atom. The lowest BCUT2D eigenvalue weighted by atomic mass is 9.95. The van der Waals surface area contributed by atoms with E-state index in [2.05, 4.69) is 10.6 Å². The first kappa shape index (κ1) is 25.2. The topological polar surface area (TPSA) is 24.1 Å². The molecule has 2 aromatic carbocycles. The van der Waals surface area contributed by atoms with E-state index in [1.165, 1.54) is 29.3 Å². The van der Waals surface area contributed by atoms with E-state index in [9.17, 15) is 13.2 Å². The maximum atomic E-state index is 13.8. The molecule has 2 atom stereocenters. The van der Waals surface area contributed by atoms with Gasteiger partial charge in [-0.3, -0.25) is 0 Å². The number of halogens is 6. The largest absolute Gasteiger partial charge is 0.399 e. The average molecular weight is 522 g/mol. The molecular formula is C23H22Cl3F3N2S. The number of hydrogen-bond acceptors (Lipinski definition) is 1. The maximum absolute atomic E-state index is 13.8. The predicted octanol–water partition coefficient (Wildman–Crippen LogP) is 7.52. The van der Waals surface area contributed by atoms with Crippen molar-refractivity contribution in [3.8, 4) is 0 Å². The number of nitrogens with one attached hydrogen (secondary N) is 2. The molecular weight excluding hydrogens is 500 g/mol. The van der Waals surface area contributed by atoms with Crippen LogP contribution >= 0.6 is 47.0 Å². The lowest BCUT2D eigenvalue weighted by Crippen LogP contribution is -2.33. The number of alkyl halides is 3. The molecule has 0 aromatic heterocycles. The molecule has 9 heteroatoms. The summed E-state index contributed by atoms with van der Waals surface area (Å²) >= 11 is 22.9. The van der Waals surface area contributed by atoms with E-state index >= 15 is 0 Å². The highest BCUT2D eigenvalue weighted by molar-refractivity contribution is 7.80. The van der Waals surface area contributed by atoms with E-state index < -0.39 is 12.1 Å². The van der Waals surface area contributed by atoms with Gasteiger partial charge in [-0.15, -0.1) is 0 Å². The van der Waals surface area contributed by atoms with Gasteiger partial charge in [0.05, 0.1) is 21.0 Å². The average Bonchev–Trinajstić information content (AvgIpc) is 3.13. The van der Waals surface area contributed by atoms with Crippen LogP contribution in [0.15, 0.2) is 36.4 Å². The van der Waals surface area contributed by atoms with Gasteiger partial charge in [0.15, 0.2) is 5.11 Å². The Balaban J connectivity index is 1.77. The third-order valence-electron chi connectivity index (χ3n) is 5.57. The molecule has 172 valence electrons. The molecule has 2 N–H and O–H groups in total. The fourth-order valence-corrected chi connectivity index (χ4v) is 4.66. The van der Waals surface area contributed by atoms with Crippen LogP contribution in [0.25, 0.3) is 6.08 Å². The Hall–Kier alpha value is -1.47. The zero-order valence-corrected chi connectivity index (χ0v) is 20.3. The van der Waals surface area contributed by atoms with Gasteiger partial charge in [0.1, 0.15) is 0 Å². The van der Waals surface area contributed by atoms with Crippen molar-refractivity contribution in [1.82, 2.24) is 10.6 Å². The Morgan fingerprint density at radius 3 is 2.50 bits per heavy atom. The molecule has 1 aliphatic rings. The van der Waals surface area contributed by atoms with E-state index in [1.807, 2.05) is 18.2 Å². The van der Waals surface area contributed by atoms with Crippen LogP contribution in [-0.4, -0.2) is 24.9 Å². The van der Waals surface area contributed by atoms with Gasteiger partial charge in [-0.1, -0.05) is 65.2 Å². The van der Waals surface area contributed by atoms with Gasteiger partial charge in [-0.25, -0.2) is 0 Å². The van der Waals surface area contributed by atoms with Crippen molar-refractivity contribution in [3.63, 3.8) is 0 Å². The zero-order chi connectivity index (χ0) is 23.5.